The fraction of sp³-hybridized carbons (Fsp3) is 0.545. The van der Waals surface area contributed by atoms with Crippen LogP contribution in [0.15, 0.2) is 24.3 Å². The van der Waals surface area contributed by atoms with Crippen LogP contribution < -0.4 is 0 Å². The molecule has 0 saturated carbocycles. The molecular formula is C22H26F4N6O2. The maximum atomic E-state index is 13.8. The summed E-state index contributed by atoms with van der Waals surface area (Å²) >= 11 is 0. The van der Waals surface area contributed by atoms with E-state index in [1.165, 1.54) is 4.90 Å². The largest absolute Gasteiger partial charge is 0.435 e. The Bertz CT molecular complexity index is 1010. The lowest BCUT2D eigenvalue weighted by Gasteiger charge is -2.35. The molecule has 0 N–H and O–H groups in total. The number of carbonyl (C=O) groups is 2. The fourth-order valence-electron chi connectivity index (χ4n) is 4.31. The maximum Gasteiger partial charge on any atom is 0.435 e. The van der Waals surface area contributed by atoms with Crippen molar-refractivity contribution in [1.29, 1.82) is 0 Å². The lowest BCUT2D eigenvalue weighted by Crippen LogP contribution is -2.52. The molecule has 8 nitrogen and oxygen atoms in total. The topological polar surface area (TPSA) is 74.6 Å². The molecule has 34 heavy (non-hydrogen) atoms. The lowest BCUT2D eigenvalue weighted by molar-refractivity contribution is -0.143. The summed E-state index contributed by atoms with van der Waals surface area (Å²) < 4.78 is 55.2. The number of piperazine rings is 1. The van der Waals surface area contributed by atoms with Crippen molar-refractivity contribution in [3.8, 4) is 5.69 Å². The van der Waals surface area contributed by atoms with Crippen molar-refractivity contribution in [3.63, 3.8) is 0 Å². The van der Waals surface area contributed by atoms with Gasteiger partial charge in [-0.05, 0) is 37.1 Å². The minimum Gasteiger partial charge on any atom is -0.342 e. The standard InChI is InChI=1S/C22H26F4N6O2/c23-16-5-7-17(8-6-16)32-20(22(24,25)26)19(27-28-32)21(34)31-13-11-29(12-14-31)15-18(33)30-9-3-1-2-4-10-30/h5-8H,1-4,9-15H2. The first-order chi connectivity index (χ1) is 16.2. The van der Waals surface area contributed by atoms with Crippen LogP contribution in [0, 0.1) is 5.82 Å². The molecule has 4 rings (SSSR count). The number of benzene rings is 1. The highest BCUT2D eigenvalue weighted by molar-refractivity contribution is 5.93. The van der Waals surface area contributed by atoms with Gasteiger partial charge in [-0.25, -0.2) is 9.07 Å². The number of rotatable bonds is 4. The summed E-state index contributed by atoms with van der Waals surface area (Å²) in [5.41, 5.74) is -2.16. The average molecular weight is 482 g/mol. The van der Waals surface area contributed by atoms with E-state index >= 15 is 0 Å². The van der Waals surface area contributed by atoms with Crippen molar-refractivity contribution in [1.82, 2.24) is 29.7 Å². The maximum absolute atomic E-state index is 13.8. The van der Waals surface area contributed by atoms with E-state index in [9.17, 15) is 27.2 Å². The third kappa shape index (κ3) is 5.37. The molecule has 2 aliphatic heterocycles. The molecule has 0 atom stereocenters. The number of carbonyl (C=O) groups excluding carboxylic acids is 2. The average Bonchev–Trinajstić information content (AvgIpc) is 3.08. The molecular weight excluding hydrogens is 456 g/mol. The molecule has 0 unspecified atom stereocenters. The molecule has 2 aliphatic rings. The van der Waals surface area contributed by atoms with E-state index in [0.29, 0.717) is 17.8 Å². The Morgan fingerprint density at radius 1 is 0.853 bits per heavy atom. The highest BCUT2D eigenvalue weighted by Crippen LogP contribution is 2.33. The van der Waals surface area contributed by atoms with Crippen LogP contribution in [-0.4, -0.2) is 87.3 Å². The Balaban J connectivity index is 1.43. The number of nitrogens with zero attached hydrogens (tertiary/aromatic N) is 6. The van der Waals surface area contributed by atoms with Gasteiger partial charge in [0.05, 0.1) is 12.2 Å². The number of hydrogen-bond donors (Lipinski definition) is 0. The number of halogens is 4. The molecule has 1 aromatic heterocycles. The van der Waals surface area contributed by atoms with Gasteiger partial charge in [-0.3, -0.25) is 14.5 Å². The van der Waals surface area contributed by atoms with E-state index in [2.05, 4.69) is 10.3 Å². The number of alkyl halides is 3. The van der Waals surface area contributed by atoms with Gasteiger partial charge in [-0.1, -0.05) is 18.1 Å². The quantitative estimate of drug-likeness (QED) is 0.627. The fourth-order valence-corrected chi connectivity index (χ4v) is 4.31. The van der Waals surface area contributed by atoms with Crippen molar-refractivity contribution in [2.45, 2.75) is 31.9 Å². The molecule has 2 aromatic rings. The molecule has 2 fully saturated rings. The monoisotopic (exact) mass is 482 g/mol. The minimum absolute atomic E-state index is 0.0447. The Hall–Kier alpha value is -3.02. The van der Waals surface area contributed by atoms with Crippen LogP contribution in [-0.2, 0) is 11.0 Å². The lowest BCUT2D eigenvalue weighted by atomic mass is 10.2. The zero-order valence-electron chi connectivity index (χ0n) is 18.6. The summed E-state index contributed by atoms with van der Waals surface area (Å²) in [5.74, 6) is -1.44. The third-order valence-electron chi connectivity index (χ3n) is 6.19. The second-order valence-electron chi connectivity index (χ2n) is 8.54. The molecule has 0 bridgehead atoms. The van der Waals surface area contributed by atoms with Gasteiger partial charge in [-0.2, -0.15) is 13.2 Å². The normalized spacial score (nSPS) is 18.1. The molecule has 12 heteroatoms. The number of amides is 2. The Morgan fingerprint density at radius 2 is 1.47 bits per heavy atom. The van der Waals surface area contributed by atoms with Crippen molar-refractivity contribution >= 4 is 11.8 Å². The molecule has 3 heterocycles. The Morgan fingerprint density at radius 3 is 2.06 bits per heavy atom. The predicted molar refractivity (Wildman–Crippen MR) is 114 cm³/mol. The van der Waals surface area contributed by atoms with Gasteiger partial charge in [0.25, 0.3) is 5.91 Å². The summed E-state index contributed by atoms with van der Waals surface area (Å²) in [7, 11) is 0. The van der Waals surface area contributed by atoms with Crippen LogP contribution in [0.3, 0.4) is 0 Å². The van der Waals surface area contributed by atoms with Gasteiger partial charge in [0.15, 0.2) is 11.4 Å². The molecule has 1 aromatic carbocycles. The van der Waals surface area contributed by atoms with Crippen LogP contribution in [0.25, 0.3) is 5.69 Å². The smallest absolute Gasteiger partial charge is 0.342 e. The summed E-state index contributed by atoms with van der Waals surface area (Å²) in [6.45, 7) is 2.83. The van der Waals surface area contributed by atoms with Crippen LogP contribution >= 0.6 is 0 Å². The first-order valence-electron chi connectivity index (χ1n) is 11.3. The van der Waals surface area contributed by atoms with Gasteiger partial charge in [0, 0.05) is 39.3 Å². The predicted octanol–water partition coefficient (Wildman–Crippen LogP) is 2.59. The van der Waals surface area contributed by atoms with Crippen LogP contribution in [0.5, 0.6) is 0 Å². The zero-order chi connectivity index (χ0) is 24.3. The number of aromatic nitrogens is 3. The van der Waals surface area contributed by atoms with Gasteiger partial charge in [-0.15, -0.1) is 5.10 Å². The summed E-state index contributed by atoms with van der Waals surface area (Å²) in [6.07, 6.45) is -0.668. The highest BCUT2D eigenvalue weighted by Gasteiger charge is 2.43. The number of likely N-dealkylation sites (tertiary alicyclic amines) is 1. The van der Waals surface area contributed by atoms with Crippen molar-refractivity contribution < 1.29 is 27.2 Å². The zero-order valence-corrected chi connectivity index (χ0v) is 18.6. The molecule has 0 radical (unpaired) electrons. The van der Waals surface area contributed by atoms with Crippen LogP contribution in [0.4, 0.5) is 17.6 Å². The third-order valence-corrected chi connectivity index (χ3v) is 6.19. The summed E-state index contributed by atoms with van der Waals surface area (Å²) in [4.78, 5) is 30.6. The van der Waals surface area contributed by atoms with Gasteiger partial charge < -0.3 is 9.80 Å². The van der Waals surface area contributed by atoms with Crippen LogP contribution in [0.1, 0.15) is 41.9 Å². The number of hydrogen-bond acceptors (Lipinski definition) is 5. The van der Waals surface area contributed by atoms with E-state index in [-0.39, 0.29) is 31.2 Å². The summed E-state index contributed by atoms with van der Waals surface area (Å²) in [6, 6.07) is 4.27. The molecule has 2 amide bonds. The highest BCUT2D eigenvalue weighted by atomic mass is 19.4. The minimum atomic E-state index is -4.90. The molecule has 184 valence electrons. The van der Waals surface area contributed by atoms with E-state index in [0.717, 1.165) is 63.0 Å². The van der Waals surface area contributed by atoms with E-state index in [1.54, 1.807) is 0 Å². The molecule has 0 spiro atoms. The van der Waals surface area contributed by atoms with Gasteiger partial charge in [0.1, 0.15) is 5.82 Å². The first-order valence-corrected chi connectivity index (χ1v) is 11.3. The van der Waals surface area contributed by atoms with Crippen LogP contribution in [0.2, 0.25) is 0 Å². The second-order valence-corrected chi connectivity index (χ2v) is 8.54. The van der Waals surface area contributed by atoms with E-state index in [4.69, 9.17) is 0 Å². The van der Waals surface area contributed by atoms with Gasteiger partial charge in [0.2, 0.25) is 5.91 Å². The van der Waals surface area contributed by atoms with Gasteiger partial charge >= 0.3 is 6.18 Å². The molecule has 2 saturated heterocycles. The SMILES string of the molecule is O=C(CN1CCN(C(=O)c2nnn(-c3ccc(F)cc3)c2C(F)(F)F)CC1)N1CCCCCC1. The summed E-state index contributed by atoms with van der Waals surface area (Å²) in [5, 5.41) is 7.06. The van der Waals surface area contributed by atoms with Crippen molar-refractivity contribution in [3.05, 3.63) is 41.5 Å². The Labute approximate surface area is 194 Å². The van der Waals surface area contributed by atoms with Crippen molar-refractivity contribution in [2.24, 2.45) is 0 Å². The van der Waals surface area contributed by atoms with E-state index < -0.39 is 29.3 Å². The first kappa shape index (κ1) is 24.1. The molecule has 0 aliphatic carbocycles. The Kier molecular flexibility index (Phi) is 7.15. The second kappa shape index (κ2) is 10.1. The van der Waals surface area contributed by atoms with E-state index in [1.807, 2.05) is 9.80 Å². The van der Waals surface area contributed by atoms with Crippen molar-refractivity contribution in [2.75, 3.05) is 45.8 Å².